The molecule has 0 aromatic heterocycles. The van der Waals surface area contributed by atoms with Crippen molar-refractivity contribution in [2.75, 3.05) is 19.6 Å². The molecule has 2 rings (SSSR count). The van der Waals surface area contributed by atoms with Crippen molar-refractivity contribution in [3.8, 4) is 0 Å². The highest BCUT2D eigenvalue weighted by Gasteiger charge is 2.29. The monoisotopic (exact) mass is 265 g/mol. The molecule has 1 fully saturated rings. The molecule has 1 aromatic rings. The lowest BCUT2D eigenvalue weighted by molar-refractivity contribution is 0.0967. The van der Waals surface area contributed by atoms with Gasteiger partial charge in [-0.1, -0.05) is 37.6 Å². The Balaban J connectivity index is 1.88. The number of benzene rings is 1. The van der Waals surface area contributed by atoms with Gasteiger partial charge in [-0.2, -0.15) is 0 Å². The van der Waals surface area contributed by atoms with E-state index in [-0.39, 0.29) is 5.78 Å². The number of carbonyl (C=O) groups excluding carboxylic acids is 1. The van der Waals surface area contributed by atoms with E-state index in [4.69, 9.17) is 11.6 Å². The van der Waals surface area contributed by atoms with Crippen molar-refractivity contribution in [1.29, 1.82) is 0 Å². The highest BCUT2D eigenvalue weighted by Crippen LogP contribution is 2.28. The Labute approximate surface area is 114 Å². The largest absolute Gasteiger partial charge is 0.302 e. The van der Waals surface area contributed by atoms with Crippen LogP contribution in [0.1, 0.15) is 37.0 Å². The van der Waals surface area contributed by atoms with Crippen LogP contribution < -0.4 is 0 Å². The molecular weight excluding hydrogens is 246 g/mol. The first-order valence-corrected chi connectivity index (χ1v) is 6.86. The van der Waals surface area contributed by atoms with E-state index in [0.717, 1.165) is 19.6 Å². The number of hydrogen-bond donors (Lipinski definition) is 0. The van der Waals surface area contributed by atoms with Gasteiger partial charge in [0.1, 0.15) is 0 Å². The SMILES string of the molecule is CC1(C)CCN(CCC(=O)c2ccccc2Cl)C1. The van der Waals surface area contributed by atoms with Crippen LogP contribution in [0.25, 0.3) is 0 Å². The average molecular weight is 266 g/mol. The van der Waals surface area contributed by atoms with Gasteiger partial charge in [0.05, 0.1) is 5.02 Å². The van der Waals surface area contributed by atoms with E-state index in [0.29, 0.717) is 22.4 Å². The maximum Gasteiger partial charge on any atom is 0.165 e. The second-order valence-electron chi connectivity index (χ2n) is 5.84. The molecule has 0 bridgehead atoms. The maximum atomic E-state index is 12.1. The van der Waals surface area contributed by atoms with Gasteiger partial charge >= 0.3 is 0 Å². The first-order chi connectivity index (χ1) is 8.48. The maximum absolute atomic E-state index is 12.1. The van der Waals surface area contributed by atoms with Gasteiger partial charge in [-0.15, -0.1) is 0 Å². The van der Waals surface area contributed by atoms with Gasteiger partial charge in [-0.3, -0.25) is 4.79 Å². The average Bonchev–Trinajstić information content (AvgIpc) is 2.66. The van der Waals surface area contributed by atoms with E-state index in [1.807, 2.05) is 12.1 Å². The molecule has 98 valence electrons. The molecule has 1 saturated heterocycles. The summed E-state index contributed by atoms with van der Waals surface area (Å²) in [6, 6.07) is 7.28. The van der Waals surface area contributed by atoms with Gasteiger partial charge in [0.2, 0.25) is 0 Å². The summed E-state index contributed by atoms with van der Waals surface area (Å²) in [7, 11) is 0. The molecule has 18 heavy (non-hydrogen) atoms. The second kappa shape index (κ2) is 5.41. The molecule has 0 amide bonds. The van der Waals surface area contributed by atoms with Gasteiger partial charge < -0.3 is 4.90 Å². The number of hydrogen-bond acceptors (Lipinski definition) is 2. The summed E-state index contributed by atoms with van der Waals surface area (Å²) in [5, 5.41) is 0.559. The molecule has 3 heteroatoms. The summed E-state index contributed by atoms with van der Waals surface area (Å²) in [5.41, 5.74) is 1.05. The molecule has 0 atom stereocenters. The van der Waals surface area contributed by atoms with Crippen LogP contribution in [0.4, 0.5) is 0 Å². The summed E-state index contributed by atoms with van der Waals surface area (Å²) in [6.45, 7) is 7.59. The van der Waals surface area contributed by atoms with E-state index in [1.165, 1.54) is 6.42 Å². The second-order valence-corrected chi connectivity index (χ2v) is 6.25. The number of ketones is 1. The molecule has 1 aromatic carbocycles. The minimum atomic E-state index is 0.144. The van der Waals surface area contributed by atoms with Crippen LogP contribution in [0, 0.1) is 5.41 Å². The molecule has 0 spiro atoms. The van der Waals surface area contributed by atoms with E-state index < -0.39 is 0 Å². The fraction of sp³-hybridized carbons (Fsp3) is 0.533. The minimum Gasteiger partial charge on any atom is -0.302 e. The Morgan fingerprint density at radius 2 is 2.11 bits per heavy atom. The van der Waals surface area contributed by atoms with E-state index >= 15 is 0 Å². The first kappa shape index (κ1) is 13.6. The fourth-order valence-electron chi connectivity index (χ4n) is 2.50. The zero-order chi connectivity index (χ0) is 13.2. The molecule has 1 heterocycles. The third kappa shape index (κ3) is 3.33. The van der Waals surface area contributed by atoms with Crippen molar-refractivity contribution in [2.45, 2.75) is 26.7 Å². The highest BCUT2D eigenvalue weighted by atomic mass is 35.5. The third-order valence-corrected chi connectivity index (χ3v) is 3.92. The van der Waals surface area contributed by atoms with Crippen molar-refractivity contribution in [2.24, 2.45) is 5.41 Å². The van der Waals surface area contributed by atoms with Crippen LogP contribution in [-0.2, 0) is 0 Å². The Morgan fingerprint density at radius 3 is 2.72 bits per heavy atom. The quantitative estimate of drug-likeness (QED) is 0.775. The Hall–Kier alpha value is -0.860. The van der Waals surface area contributed by atoms with Crippen molar-refractivity contribution in [3.05, 3.63) is 34.9 Å². The zero-order valence-electron chi connectivity index (χ0n) is 11.1. The van der Waals surface area contributed by atoms with E-state index in [9.17, 15) is 4.79 Å². The van der Waals surface area contributed by atoms with Gasteiger partial charge in [0.25, 0.3) is 0 Å². The fourth-order valence-corrected chi connectivity index (χ4v) is 2.74. The number of Topliss-reactive ketones (excluding diaryl/α,β-unsaturated/α-hetero) is 1. The van der Waals surface area contributed by atoms with Crippen LogP contribution in [0.15, 0.2) is 24.3 Å². The number of carbonyl (C=O) groups is 1. The molecule has 0 radical (unpaired) electrons. The number of nitrogens with zero attached hydrogens (tertiary/aromatic N) is 1. The molecule has 0 N–H and O–H groups in total. The van der Waals surface area contributed by atoms with Crippen LogP contribution in [-0.4, -0.2) is 30.3 Å². The van der Waals surface area contributed by atoms with E-state index in [2.05, 4.69) is 18.7 Å². The molecule has 0 aliphatic carbocycles. The lowest BCUT2D eigenvalue weighted by atomic mass is 9.93. The molecule has 1 aliphatic heterocycles. The highest BCUT2D eigenvalue weighted by molar-refractivity contribution is 6.33. The predicted molar refractivity (Wildman–Crippen MR) is 75.2 cm³/mol. The smallest absolute Gasteiger partial charge is 0.165 e. The Bertz CT molecular complexity index is 442. The summed E-state index contributed by atoms with van der Waals surface area (Å²) >= 11 is 6.03. The lowest BCUT2D eigenvalue weighted by Crippen LogP contribution is -2.26. The zero-order valence-corrected chi connectivity index (χ0v) is 11.8. The van der Waals surface area contributed by atoms with Gasteiger partial charge in [0.15, 0.2) is 5.78 Å². The van der Waals surface area contributed by atoms with Crippen LogP contribution >= 0.6 is 11.6 Å². The van der Waals surface area contributed by atoms with Crippen LogP contribution in [0.2, 0.25) is 5.02 Å². The Morgan fingerprint density at radius 1 is 1.39 bits per heavy atom. The standard InChI is InChI=1S/C15H20ClNO/c1-15(2)8-10-17(11-15)9-7-14(18)12-5-3-4-6-13(12)16/h3-6H,7-11H2,1-2H3. The van der Waals surface area contributed by atoms with Crippen molar-refractivity contribution < 1.29 is 4.79 Å². The normalized spacial score (nSPS) is 19.1. The van der Waals surface area contributed by atoms with Gasteiger partial charge in [-0.05, 0) is 30.5 Å². The molecule has 1 aliphatic rings. The van der Waals surface area contributed by atoms with Crippen LogP contribution in [0.5, 0.6) is 0 Å². The van der Waals surface area contributed by atoms with Crippen LogP contribution in [0.3, 0.4) is 0 Å². The van der Waals surface area contributed by atoms with Crippen molar-refractivity contribution in [3.63, 3.8) is 0 Å². The lowest BCUT2D eigenvalue weighted by Gasteiger charge is -2.19. The summed E-state index contributed by atoms with van der Waals surface area (Å²) in [4.78, 5) is 14.4. The number of rotatable bonds is 4. The van der Waals surface area contributed by atoms with Gasteiger partial charge in [0, 0.05) is 25.1 Å². The molecule has 2 nitrogen and oxygen atoms in total. The molecular formula is C15H20ClNO. The van der Waals surface area contributed by atoms with Crippen molar-refractivity contribution >= 4 is 17.4 Å². The molecule has 0 saturated carbocycles. The first-order valence-electron chi connectivity index (χ1n) is 6.48. The molecule has 0 unspecified atom stereocenters. The topological polar surface area (TPSA) is 20.3 Å². The number of likely N-dealkylation sites (tertiary alicyclic amines) is 1. The minimum absolute atomic E-state index is 0.144. The van der Waals surface area contributed by atoms with E-state index in [1.54, 1.807) is 12.1 Å². The summed E-state index contributed by atoms with van der Waals surface area (Å²) in [6.07, 6.45) is 1.77. The van der Waals surface area contributed by atoms with Gasteiger partial charge in [-0.25, -0.2) is 0 Å². The van der Waals surface area contributed by atoms with Crippen molar-refractivity contribution in [1.82, 2.24) is 4.90 Å². The predicted octanol–water partition coefficient (Wildman–Crippen LogP) is 3.64. The Kier molecular flexibility index (Phi) is 4.08. The summed E-state index contributed by atoms with van der Waals surface area (Å²) in [5.74, 6) is 0.144. The summed E-state index contributed by atoms with van der Waals surface area (Å²) < 4.78 is 0. The third-order valence-electron chi connectivity index (χ3n) is 3.59. The number of halogens is 1.